The first-order valence-corrected chi connectivity index (χ1v) is 8.55. The molecule has 5 heteroatoms. The number of furan rings is 1. The van der Waals surface area contributed by atoms with Crippen molar-refractivity contribution in [1.82, 2.24) is 15.2 Å². The second-order valence-electron chi connectivity index (χ2n) is 6.66. The van der Waals surface area contributed by atoms with Crippen LogP contribution in [0.3, 0.4) is 0 Å². The molecule has 25 heavy (non-hydrogen) atoms. The summed E-state index contributed by atoms with van der Waals surface area (Å²) in [6.07, 6.45) is 3.74. The van der Waals surface area contributed by atoms with Crippen molar-refractivity contribution in [2.45, 2.75) is 26.4 Å². The van der Waals surface area contributed by atoms with Crippen molar-refractivity contribution in [3.63, 3.8) is 0 Å². The highest BCUT2D eigenvalue weighted by molar-refractivity contribution is 5.85. The van der Waals surface area contributed by atoms with Crippen molar-refractivity contribution >= 4 is 23.4 Å². The minimum Gasteiger partial charge on any atom is -0.460 e. The fourth-order valence-corrected chi connectivity index (χ4v) is 3.49. The topological polar surface area (TPSA) is 41.3 Å². The number of nitrogens with one attached hydrogen (secondary N) is 1. The van der Waals surface area contributed by atoms with Crippen LogP contribution in [0, 0.1) is 13.8 Å². The molecule has 0 saturated carbocycles. The summed E-state index contributed by atoms with van der Waals surface area (Å²) in [6.45, 7) is 8.11. The first-order valence-electron chi connectivity index (χ1n) is 8.55. The Hall–Kier alpha value is -1.88. The highest BCUT2D eigenvalue weighted by atomic mass is 35.5. The van der Waals surface area contributed by atoms with Crippen LogP contribution < -0.4 is 5.32 Å². The molecule has 132 valence electrons. The number of hydrogen-bond acceptors (Lipinski definition) is 4. The van der Waals surface area contributed by atoms with Crippen molar-refractivity contribution in [3.05, 3.63) is 65.2 Å². The van der Waals surface area contributed by atoms with Gasteiger partial charge in [0.05, 0.1) is 6.54 Å². The molecule has 3 aromatic rings. The van der Waals surface area contributed by atoms with Crippen LogP contribution in [-0.4, -0.2) is 29.5 Å². The monoisotopic (exact) mass is 357 g/mol. The van der Waals surface area contributed by atoms with Gasteiger partial charge >= 0.3 is 0 Å². The molecule has 0 bridgehead atoms. The second kappa shape index (κ2) is 7.56. The zero-order valence-corrected chi connectivity index (χ0v) is 15.5. The molecule has 1 fully saturated rings. The molecule has 0 spiro atoms. The Kier molecular flexibility index (Phi) is 5.42. The third kappa shape index (κ3) is 3.71. The van der Waals surface area contributed by atoms with Crippen molar-refractivity contribution in [3.8, 4) is 0 Å². The van der Waals surface area contributed by atoms with Crippen LogP contribution in [0.15, 0.2) is 47.1 Å². The molecule has 0 radical (unpaired) electrons. The van der Waals surface area contributed by atoms with E-state index in [1.807, 2.05) is 12.4 Å². The summed E-state index contributed by atoms with van der Waals surface area (Å²) in [4.78, 5) is 6.63. The van der Waals surface area contributed by atoms with Gasteiger partial charge in [-0.1, -0.05) is 0 Å². The summed E-state index contributed by atoms with van der Waals surface area (Å²) >= 11 is 0. The zero-order chi connectivity index (χ0) is 16.5. The van der Waals surface area contributed by atoms with Crippen molar-refractivity contribution in [2.24, 2.45) is 0 Å². The van der Waals surface area contributed by atoms with Gasteiger partial charge in [0.1, 0.15) is 11.3 Å². The molecular weight excluding hydrogens is 334 g/mol. The van der Waals surface area contributed by atoms with E-state index in [1.165, 1.54) is 22.1 Å². The molecule has 1 aliphatic heterocycles. The largest absolute Gasteiger partial charge is 0.460 e. The van der Waals surface area contributed by atoms with Gasteiger partial charge in [-0.05, 0) is 60.9 Å². The van der Waals surface area contributed by atoms with E-state index >= 15 is 0 Å². The number of pyridine rings is 1. The number of aromatic nitrogens is 1. The van der Waals surface area contributed by atoms with Gasteiger partial charge in [0.25, 0.3) is 0 Å². The van der Waals surface area contributed by atoms with Crippen LogP contribution in [0.25, 0.3) is 11.0 Å². The molecule has 1 unspecified atom stereocenters. The van der Waals surface area contributed by atoms with E-state index in [0.29, 0.717) is 6.04 Å². The van der Waals surface area contributed by atoms with E-state index in [0.717, 1.165) is 37.5 Å². The SMILES string of the molecule is Cc1cc2cc(CN3CCNCC3c3ccncc3)oc2cc1C.Cl. The molecule has 1 aromatic carbocycles. The molecule has 4 nitrogen and oxygen atoms in total. The summed E-state index contributed by atoms with van der Waals surface area (Å²) in [6, 6.07) is 11.1. The molecule has 1 aliphatic rings. The molecule has 1 atom stereocenters. The van der Waals surface area contributed by atoms with Crippen LogP contribution in [0.5, 0.6) is 0 Å². The zero-order valence-electron chi connectivity index (χ0n) is 14.7. The normalized spacial score (nSPS) is 18.2. The number of piperazine rings is 1. The van der Waals surface area contributed by atoms with Crippen LogP contribution in [0.2, 0.25) is 0 Å². The van der Waals surface area contributed by atoms with E-state index in [4.69, 9.17) is 4.42 Å². The minimum absolute atomic E-state index is 0. The number of halogens is 1. The van der Waals surface area contributed by atoms with E-state index < -0.39 is 0 Å². The number of hydrogen-bond donors (Lipinski definition) is 1. The molecule has 2 aromatic heterocycles. The molecule has 3 heterocycles. The molecular formula is C20H24ClN3O. The lowest BCUT2D eigenvalue weighted by Crippen LogP contribution is -2.45. The lowest BCUT2D eigenvalue weighted by molar-refractivity contribution is 0.144. The fraction of sp³-hybridized carbons (Fsp3) is 0.350. The fourth-order valence-electron chi connectivity index (χ4n) is 3.49. The average molecular weight is 358 g/mol. The Balaban J connectivity index is 0.00000182. The molecule has 0 aliphatic carbocycles. The predicted molar refractivity (Wildman–Crippen MR) is 103 cm³/mol. The summed E-state index contributed by atoms with van der Waals surface area (Å²) in [5.41, 5.74) is 4.88. The first-order chi connectivity index (χ1) is 11.7. The summed E-state index contributed by atoms with van der Waals surface area (Å²) in [5, 5.41) is 4.70. The van der Waals surface area contributed by atoms with Gasteiger partial charge < -0.3 is 9.73 Å². The Morgan fingerprint density at radius 1 is 1.16 bits per heavy atom. The van der Waals surface area contributed by atoms with Crippen LogP contribution >= 0.6 is 12.4 Å². The van der Waals surface area contributed by atoms with Gasteiger partial charge in [0, 0.05) is 43.5 Å². The van der Waals surface area contributed by atoms with Crippen molar-refractivity contribution in [1.29, 1.82) is 0 Å². The van der Waals surface area contributed by atoms with Crippen molar-refractivity contribution in [2.75, 3.05) is 19.6 Å². The minimum atomic E-state index is 0. The smallest absolute Gasteiger partial charge is 0.134 e. The summed E-state index contributed by atoms with van der Waals surface area (Å²) < 4.78 is 6.12. The number of nitrogens with zero attached hydrogens (tertiary/aromatic N) is 2. The second-order valence-corrected chi connectivity index (χ2v) is 6.66. The van der Waals surface area contributed by atoms with Gasteiger partial charge in [-0.3, -0.25) is 9.88 Å². The summed E-state index contributed by atoms with van der Waals surface area (Å²) in [5.74, 6) is 1.04. The van der Waals surface area contributed by atoms with Crippen LogP contribution in [-0.2, 0) is 6.54 Å². The Labute approximate surface area is 154 Å². The van der Waals surface area contributed by atoms with E-state index in [2.05, 4.69) is 59.4 Å². The summed E-state index contributed by atoms with van der Waals surface area (Å²) in [7, 11) is 0. The van der Waals surface area contributed by atoms with Crippen molar-refractivity contribution < 1.29 is 4.42 Å². The van der Waals surface area contributed by atoms with E-state index in [9.17, 15) is 0 Å². The number of benzene rings is 1. The quantitative estimate of drug-likeness (QED) is 0.768. The lowest BCUT2D eigenvalue weighted by Gasteiger charge is -2.35. The third-order valence-electron chi connectivity index (χ3n) is 4.99. The molecule has 1 saturated heterocycles. The highest BCUT2D eigenvalue weighted by Gasteiger charge is 2.24. The van der Waals surface area contributed by atoms with E-state index in [-0.39, 0.29) is 12.4 Å². The van der Waals surface area contributed by atoms with Crippen LogP contribution in [0.4, 0.5) is 0 Å². The maximum Gasteiger partial charge on any atom is 0.134 e. The molecule has 1 N–H and O–H groups in total. The Bertz CT molecular complexity index is 808. The van der Waals surface area contributed by atoms with Gasteiger partial charge in [-0.15, -0.1) is 12.4 Å². The first kappa shape index (κ1) is 17.9. The van der Waals surface area contributed by atoms with Gasteiger partial charge in [-0.25, -0.2) is 0 Å². The number of fused-ring (bicyclic) bond motifs is 1. The third-order valence-corrected chi connectivity index (χ3v) is 4.99. The molecule has 4 rings (SSSR count). The molecule has 0 amide bonds. The predicted octanol–water partition coefficient (Wildman–Crippen LogP) is 4.01. The lowest BCUT2D eigenvalue weighted by atomic mass is 10.0. The maximum atomic E-state index is 6.12. The maximum absolute atomic E-state index is 6.12. The Morgan fingerprint density at radius 3 is 2.72 bits per heavy atom. The van der Waals surface area contributed by atoms with Gasteiger partial charge in [0.15, 0.2) is 0 Å². The highest BCUT2D eigenvalue weighted by Crippen LogP contribution is 2.27. The Morgan fingerprint density at radius 2 is 1.92 bits per heavy atom. The van der Waals surface area contributed by atoms with Gasteiger partial charge in [0.2, 0.25) is 0 Å². The number of aryl methyl sites for hydroxylation is 2. The van der Waals surface area contributed by atoms with E-state index in [1.54, 1.807) is 0 Å². The van der Waals surface area contributed by atoms with Crippen LogP contribution in [0.1, 0.15) is 28.5 Å². The number of rotatable bonds is 3. The average Bonchev–Trinajstić information content (AvgIpc) is 2.97. The standard InChI is InChI=1S/C20H23N3O.ClH/c1-14-9-17-11-18(24-20(17)10-15(14)2)13-23-8-7-22-12-19(23)16-3-5-21-6-4-16;/h3-6,9-11,19,22H,7-8,12-13H2,1-2H3;1H. The van der Waals surface area contributed by atoms with Gasteiger partial charge in [-0.2, -0.15) is 0 Å².